The fraction of sp³-hybridized carbons (Fsp3) is 0.257. The third kappa shape index (κ3) is 7.20. The second kappa shape index (κ2) is 14.7. The van der Waals surface area contributed by atoms with Crippen LogP contribution in [-0.4, -0.2) is 59.4 Å². The summed E-state index contributed by atoms with van der Waals surface area (Å²) in [5, 5.41) is 3.26. The number of carbonyl (C=O) groups is 2. The number of imidazole rings is 1. The Kier molecular flexibility index (Phi) is 10.2. The molecule has 2 aromatic heterocycles. The number of ether oxygens (including phenoxy) is 2. The van der Waals surface area contributed by atoms with Crippen LogP contribution in [0.25, 0.3) is 11.0 Å². The van der Waals surface area contributed by atoms with E-state index in [-0.39, 0.29) is 36.2 Å². The van der Waals surface area contributed by atoms with Crippen LogP contribution in [0.4, 0.5) is 32.4 Å². The summed E-state index contributed by atoms with van der Waals surface area (Å²) in [6.07, 6.45) is 0.749. The average Bonchev–Trinajstić information content (AvgIpc) is 3.52. The van der Waals surface area contributed by atoms with Gasteiger partial charge in [0.25, 0.3) is 5.91 Å². The molecule has 0 radical (unpaired) electrons. The first kappa shape index (κ1) is 34.6. The first-order valence-corrected chi connectivity index (χ1v) is 15.5. The second-order valence-corrected chi connectivity index (χ2v) is 11.7. The number of nitrogens with one attached hydrogen (secondary N) is 2. The number of methoxy groups -OCH3 is 1. The smallest absolute Gasteiger partial charge is 0.421 e. The Balaban J connectivity index is 1.21. The van der Waals surface area contributed by atoms with Crippen LogP contribution in [0.1, 0.15) is 40.9 Å². The van der Waals surface area contributed by atoms with E-state index < -0.39 is 65.2 Å². The molecule has 0 saturated carbocycles. The van der Waals surface area contributed by atoms with Gasteiger partial charge >= 0.3 is 6.09 Å². The van der Waals surface area contributed by atoms with Gasteiger partial charge in [0.15, 0.2) is 11.6 Å². The first-order chi connectivity index (χ1) is 24.0. The van der Waals surface area contributed by atoms with Crippen LogP contribution < -0.4 is 16.0 Å². The largest absolute Gasteiger partial charge is 0.452 e. The van der Waals surface area contributed by atoms with E-state index in [4.69, 9.17) is 15.2 Å². The zero-order valence-electron chi connectivity index (χ0n) is 26.5. The summed E-state index contributed by atoms with van der Waals surface area (Å²) in [6.45, 7) is 0.435. The number of nitrogens with zero attached hydrogens (tertiary/aromatic N) is 3. The van der Waals surface area contributed by atoms with Gasteiger partial charge in [0.05, 0.1) is 61.0 Å². The number of aromatic nitrogens is 3. The third-order valence-electron chi connectivity index (χ3n) is 8.58. The molecular weight excluding hydrogens is 663 g/mol. The fourth-order valence-corrected chi connectivity index (χ4v) is 6.01. The number of imide groups is 1. The first-order valence-electron chi connectivity index (χ1n) is 15.5. The van der Waals surface area contributed by atoms with Crippen molar-refractivity contribution in [2.24, 2.45) is 5.73 Å². The van der Waals surface area contributed by atoms with Gasteiger partial charge in [0.2, 0.25) is 0 Å². The predicted molar refractivity (Wildman–Crippen MR) is 172 cm³/mol. The van der Waals surface area contributed by atoms with E-state index in [1.807, 2.05) is 0 Å². The number of hydrogen-bond donors (Lipinski definition) is 3. The number of fused-ring (bicyclic) bond motifs is 1. The molecule has 6 rings (SSSR count). The SMILES string of the molecule is COC(=O)N(C(=O)[C@@H](N)C(c1ccc(F)cc1)c1ccc(F)cc1)c1cncc(F)c1CC[C@@H]1CN[C@H](c2nc3cc(F)c(F)cc3[nH]2)CO1. The number of morpholine rings is 1. The molecule has 1 aliphatic rings. The van der Waals surface area contributed by atoms with Gasteiger partial charge in [0, 0.05) is 30.2 Å². The maximum atomic E-state index is 15.4. The molecule has 1 fully saturated rings. The minimum Gasteiger partial charge on any atom is -0.452 e. The summed E-state index contributed by atoms with van der Waals surface area (Å²) in [4.78, 5) is 39.1. The van der Waals surface area contributed by atoms with Gasteiger partial charge in [0.1, 0.15) is 23.3 Å². The van der Waals surface area contributed by atoms with Crippen molar-refractivity contribution < 1.29 is 41.0 Å². The number of anilines is 1. The number of nitrogens with two attached hydrogens (primary N) is 1. The Bertz CT molecular complexity index is 1920. The molecule has 0 unspecified atom stereocenters. The number of carbonyl (C=O) groups excluding carboxylic acids is 2. The Morgan fingerprint density at radius 2 is 1.60 bits per heavy atom. The molecule has 4 N–H and O–H groups in total. The zero-order chi connectivity index (χ0) is 35.5. The number of hydrogen-bond acceptors (Lipinski definition) is 8. The standard InChI is InChI=1S/C35H31F5N6O4/c1-49-35(48)46(34(47)32(41)31(18-2-6-20(36)7-3-18)19-4-8-21(37)9-5-19)30-16-42-15-26(40)23(30)11-10-22-14-43-29(17-50-22)33-44-27-12-24(38)25(39)13-28(27)45-33/h2-9,12-13,15-16,22,29,31-32,43H,10-11,14,17,41H2,1H3,(H,44,45)/t22-,29+,32+/m1/s1. The molecule has 3 aromatic carbocycles. The molecule has 0 aliphatic carbocycles. The molecule has 3 heterocycles. The van der Waals surface area contributed by atoms with Crippen molar-refractivity contribution in [3.63, 3.8) is 0 Å². The highest BCUT2D eigenvalue weighted by molar-refractivity contribution is 6.15. The number of H-pyrrole nitrogens is 1. The minimum absolute atomic E-state index is 0.000737. The molecule has 0 spiro atoms. The van der Waals surface area contributed by atoms with Gasteiger partial charge < -0.3 is 25.5 Å². The van der Waals surface area contributed by atoms with Crippen molar-refractivity contribution in [3.8, 4) is 0 Å². The van der Waals surface area contributed by atoms with E-state index in [0.717, 1.165) is 31.6 Å². The number of benzene rings is 3. The summed E-state index contributed by atoms with van der Waals surface area (Å²) >= 11 is 0. The van der Waals surface area contributed by atoms with Gasteiger partial charge in [-0.05, 0) is 48.2 Å². The zero-order valence-corrected chi connectivity index (χ0v) is 26.5. The predicted octanol–water partition coefficient (Wildman–Crippen LogP) is 5.57. The lowest BCUT2D eigenvalue weighted by atomic mass is 9.84. The number of aromatic amines is 1. The number of halogens is 5. The van der Waals surface area contributed by atoms with Gasteiger partial charge in [-0.1, -0.05) is 24.3 Å². The maximum Gasteiger partial charge on any atom is 0.421 e. The highest BCUT2D eigenvalue weighted by Crippen LogP contribution is 2.32. The molecule has 15 heteroatoms. The summed E-state index contributed by atoms with van der Waals surface area (Å²) in [6, 6.07) is 10.5. The van der Waals surface area contributed by atoms with Gasteiger partial charge in [-0.3, -0.25) is 9.78 Å². The molecule has 10 nitrogen and oxygen atoms in total. The van der Waals surface area contributed by atoms with Crippen LogP contribution in [0.3, 0.4) is 0 Å². The molecule has 3 atom stereocenters. The lowest BCUT2D eigenvalue weighted by molar-refractivity contribution is -0.119. The number of pyridine rings is 1. The van der Waals surface area contributed by atoms with Gasteiger partial charge in [-0.25, -0.2) is 36.6 Å². The fourth-order valence-electron chi connectivity index (χ4n) is 6.01. The van der Waals surface area contributed by atoms with Crippen molar-refractivity contribution >= 4 is 28.7 Å². The quantitative estimate of drug-likeness (QED) is 0.171. The number of amides is 2. The lowest BCUT2D eigenvalue weighted by Gasteiger charge is -2.31. The third-order valence-corrected chi connectivity index (χ3v) is 8.58. The summed E-state index contributed by atoms with van der Waals surface area (Å²) in [5.41, 5.74) is 7.71. The van der Waals surface area contributed by atoms with Crippen LogP contribution in [0.2, 0.25) is 0 Å². The highest BCUT2D eigenvalue weighted by Gasteiger charge is 2.37. The summed E-state index contributed by atoms with van der Waals surface area (Å²) in [5.74, 6) is -5.40. The average molecular weight is 695 g/mol. The Hall–Kier alpha value is -5.25. The van der Waals surface area contributed by atoms with Crippen molar-refractivity contribution in [1.82, 2.24) is 20.3 Å². The molecule has 2 amide bonds. The van der Waals surface area contributed by atoms with Crippen LogP contribution in [0.15, 0.2) is 73.1 Å². The van der Waals surface area contributed by atoms with Crippen LogP contribution in [0.5, 0.6) is 0 Å². The van der Waals surface area contributed by atoms with Crippen molar-refractivity contribution in [3.05, 3.63) is 125 Å². The van der Waals surface area contributed by atoms with Crippen LogP contribution in [-0.2, 0) is 20.7 Å². The van der Waals surface area contributed by atoms with Gasteiger partial charge in [-0.2, -0.15) is 0 Å². The molecule has 260 valence electrons. The molecule has 1 aliphatic heterocycles. The van der Waals surface area contributed by atoms with Crippen LogP contribution in [0, 0.1) is 29.1 Å². The topological polar surface area (TPSA) is 135 Å². The normalized spacial score (nSPS) is 16.8. The molecule has 0 bridgehead atoms. The lowest BCUT2D eigenvalue weighted by Crippen LogP contribution is -2.50. The van der Waals surface area contributed by atoms with E-state index >= 15 is 4.39 Å². The Labute approximate surface area is 282 Å². The van der Waals surface area contributed by atoms with Gasteiger partial charge in [-0.15, -0.1) is 0 Å². The summed E-state index contributed by atoms with van der Waals surface area (Å²) < 4.78 is 81.3. The highest BCUT2D eigenvalue weighted by atomic mass is 19.2. The van der Waals surface area contributed by atoms with E-state index in [1.165, 1.54) is 48.5 Å². The second-order valence-electron chi connectivity index (χ2n) is 11.7. The minimum atomic E-state index is -1.50. The van der Waals surface area contributed by atoms with Crippen molar-refractivity contribution in [1.29, 1.82) is 0 Å². The molecule has 5 aromatic rings. The Morgan fingerprint density at radius 1 is 0.960 bits per heavy atom. The van der Waals surface area contributed by atoms with Crippen molar-refractivity contribution in [2.75, 3.05) is 25.2 Å². The Morgan fingerprint density at radius 3 is 2.20 bits per heavy atom. The molecule has 1 saturated heterocycles. The maximum absolute atomic E-state index is 15.4. The van der Waals surface area contributed by atoms with Crippen molar-refractivity contribution in [2.45, 2.75) is 36.9 Å². The molecular formula is C35H31F5N6O4. The van der Waals surface area contributed by atoms with E-state index in [0.29, 0.717) is 33.9 Å². The summed E-state index contributed by atoms with van der Waals surface area (Å²) in [7, 11) is 1.05. The molecule has 50 heavy (non-hydrogen) atoms. The van der Waals surface area contributed by atoms with E-state index in [1.54, 1.807) is 0 Å². The van der Waals surface area contributed by atoms with E-state index in [9.17, 15) is 27.2 Å². The number of rotatable bonds is 9. The monoisotopic (exact) mass is 694 g/mol. The van der Waals surface area contributed by atoms with Crippen LogP contribution >= 0.6 is 0 Å². The van der Waals surface area contributed by atoms with E-state index in [2.05, 4.69) is 20.3 Å².